The van der Waals surface area contributed by atoms with E-state index in [1.165, 1.54) is 6.08 Å². The lowest BCUT2D eigenvalue weighted by molar-refractivity contribution is -0.137. The summed E-state index contributed by atoms with van der Waals surface area (Å²) in [4.78, 5) is 10.9. The van der Waals surface area contributed by atoms with Gasteiger partial charge in [-0.05, 0) is 18.6 Å². The number of nitrogens with zero attached hydrogens (tertiary/aromatic N) is 2. The zero-order valence-corrected chi connectivity index (χ0v) is 8.46. The Bertz CT molecular complexity index is 358. The molecule has 1 aromatic heterocycles. The topological polar surface area (TPSA) is 52.1 Å². The molecule has 15 heavy (non-hydrogen) atoms. The first-order valence-corrected chi connectivity index (χ1v) is 4.61. The van der Waals surface area contributed by atoms with Crippen molar-refractivity contribution in [2.24, 2.45) is 0 Å². The largest absolute Gasteiger partial charge is 0.463 e. The fraction of sp³-hybridized carbons (Fsp3) is 0.182. The Morgan fingerprint density at radius 1 is 1.47 bits per heavy atom. The summed E-state index contributed by atoms with van der Waals surface area (Å²) in [5.74, 6) is -0.338. The molecule has 0 spiro atoms. The maximum absolute atomic E-state index is 10.9. The van der Waals surface area contributed by atoms with E-state index in [1.54, 1.807) is 31.5 Å². The van der Waals surface area contributed by atoms with E-state index in [0.29, 0.717) is 6.61 Å². The van der Waals surface area contributed by atoms with Crippen LogP contribution in [0, 0.1) is 0 Å². The minimum atomic E-state index is -0.338. The third kappa shape index (κ3) is 4.71. The van der Waals surface area contributed by atoms with Crippen molar-refractivity contribution in [3.63, 3.8) is 0 Å². The van der Waals surface area contributed by atoms with Crippen LogP contribution < -0.4 is 0 Å². The van der Waals surface area contributed by atoms with Gasteiger partial charge in [0.1, 0.15) is 0 Å². The van der Waals surface area contributed by atoms with Crippen molar-refractivity contribution in [1.29, 1.82) is 0 Å². The molecule has 0 amide bonds. The highest BCUT2D eigenvalue weighted by Crippen LogP contribution is 1.97. The van der Waals surface area contributed by atoms with E-state index in [1.807, 2.05) is 12.1 Å². The monoisotopic (exact) mass is 204 g/mol. The molecule has 1 rings (SSSR count). The first-order chi connectivity index (χ1) is 7.33. The molecule has 4 heteroatoms. The van der Waals surface area contributed by atoms with Gasteiger partial charge in [-0.1, -0.05) is 18.2 Å². The first kappa shape index (κ1) is 11.1. The van der Waals surface area contributed by atoms with Gasteiger partial charge >= 0.3 is 5.97 Å². The fourth-order valence-electron chi connectivity index (χ4n) is 0.891. The second kappa shape index (κ2) is 6.48. The maximum Gasteiger partial charge on any atom is 0.330 e. The first-order valence-electron chi connectivity index (χ1n) is 4.61. The molecule has 0 saturated carbocycles. The Labute approximate surface area is 88.3 Å². The van der Waals surface area contributed by atoms with Crippen LogP contribution in [0.5, 0.6) is 0 Å². The molecule has 0 radical (unpaired) electrons. The van der Waals surface area contributed by atoms with Crippen LogP contribution in [0.4, 0.5) is 0 Å². The van der Waals surface area contributed by atoms with Gasteiger partial charge in [-0.3, -0.25) is 0 Å². The second-order valence-electron chi connectivity index (χ2n) is 2.65. The van der Waals surface area contributed by atoms with Crippen molar-refractivity contribution >= 4 is 12.0 Å². The zero-order chi connectivity index (χ0) is 10.9. The summed E-state index contributed by atoms with van der Waals surface area (Å²) in [6, 6.07) is 1.82. The Hall–Kier alpha value is -1.97. The van der Waals surface area contributed by atoms with Gasteiger partial charge in [0.2, 0.25) is 0 Å². The second-order valence-corrected chi connectivity index (χ2v) is 2.65. The quantitative estimate of drug-likeness (QED) is 0.424. The highest BCUT2D eigenvalue weighted by atomic mass is 16.5. The molecule has 0 unspecified atom stereocenters. The van der Waals surface area contributed by atoms with Crippen LogP contribution in [0.15, 0.2) is 36.7 Å². The highest BCUT2D eigenvalue weighted by Gasteiger charge is 1.90. The van der Waals surface area contributed by atoms with Crippen molar-refractivity contribution in [2.75, 3.05) is 6.61 Å². The molecule has 0 aliphatic heterocycles. The van der Waals surface area contributed by atoms with Crippen LogP contribution in [0.3, 0.4) is 0 Å². The average molecular weight is 204 g/mol. The predicted molar refractivity (Wildman–Crippen MR) is 56.8 cm³/mol. The Morgan fingerprint density at radius 3 is 3.00 bits per heavy atom. The molecule has 78 valence electrons. The van der Waals surface area contributed by atoms with Gasteiger partial charge in [-0.25, -0.2) is 4.79 Å². The van der Waals surface area contributed by atoms with E-state index < -0.39 is 0 Å². The van der Waals surface area contributed by atoms with Crippen LogP contribution in [-0.2, 0) is 9.53 Å². The molecule has 0 aromatic carbocycles. The fourth-order valence-corrected chi connectivity index (χ4v) is 0.891. The molecule has 0 fully saturated rings. The summed E-state index contributed by atoms with van der Waals surface area (Å²) in [6.07, 6.45) is 9.80. The van der Waals surface area contributed by atoms with Gasteiger partial charge in [0.25, 0.3) is 0 Å². The molecule has 0 aliphatic rings. The minimum Gasteiger partial charge on any atom is -0.463 e. The lowest BCUT2D eigenvalue weighted by Gasteiger charge is -1.92. The predicted octanol–water partition coefficient (Wildman–Crippen LogP) is 1.61. The van der Waals surface area contributed by atoms with Crippen molar-refractivity contribution in [3.05, 3.63) is 42.3 Å². The van der Waals surface area contributed by atoms with E-state index in [4.69, 9.17) is 4.74 Å². The Balaban J connectivity index is 2.43. The van der Waals surface area contributed by atoms with Gasteiger partial charge in [0, 0.05) is 6.08 Å². The third-order valence-corrected chi connectivity index (χ3v) is 1.53. The summed E-state index contributed by atoms with van der Waals surface area (Å²) in [7, 11) is 0. The molecule has 4 nitrogen and oxygen atoms in total. The number of hydrogen-bond donors (Lipinski definition) is 0. The van der Waals surface area contributed by atoms with E-state index >= 15 is 0 Å². The van der Waals surface area contributed by atoms with Gasteiger partial charge in [0.15, 0.2) is 0 Å². The number of hydrogen-bond acceptors (Lipinski definition) is 4. The number of esters is 1. The summed E-state index contributed by atoms with van der Waals surface area (Å²) in [5, 5.41) is 7.36. The van der Waals surface area contributed by atoms with Gasteiger partial charge < -0.3 is 4.74 Å². The summed E-state index contributed by atoms with van der Waals surface area (Å²) in [6.45, 7) is 2.16. The minimum absolute atomic E-state index is 0.338. The zero-order valence-electron chi connectivity index (χ0n) is 8.46. The average Bonchev–Trinajstić information content (AvgIpc) is 2.26. The van der Waals surface area contributed by atoms with Gasteiger partial charge in [0.05, 0.1) is 19.0 Å². The number of ether oxygens (including phenoxy) is 1. The summed E-state index contributed by atoms with van der Waals surface area (Å²) in [5.41, 5.74) is 0.929. The van der Waals surface area contributed by atoms with Crippen LogP contribution in [0.1, 0.15) is 12.5 Å². The van der Waals surface area contributed by atoms with Crippen LogP contribution in [-0.4, -0.2) is 22.8 Å². The molecular weight excluding hydrogens is 192 g/mol. The summed E-state index contributed by atoms with van der Waals surface area (Å²) < 4.78 is 4.71. The lowest BCUT2D eigenvalue weighted by Crippen LogP contribution is -1.98. The summed E-state index contributed by atoms with van der Waals surface area (Å²) >= 11 is 0. The third-order valence-electron chi connectivity index (χ3n) is 1.53. The molecule has 0 N–H and O–H groups in total. The van der Waals surface area contributed by atoms with Gasteiger partial charge in [-0.15, -0.1) is 0 Å². The molecule has 1 aromatic rings. The van der Waals surface area contributed by atoms with Crippen LogP contribution in [0.25, 0.3) is 6.08 Å². The smallest absolute Gasteiger partial charge is 0.330 e. The number of aromatic nitrogens is 2. The van der Waals surface area contributed by atoms with Crippen molar-refractivity contribution in [3.8, 4) is 0 Å². The number of allylic oxidation sites excluding steroid dienone is 2. The van der Waals surface area contributed by atoms with E-state index in [0.717, 1.165) is 5.56 Å². The molecule has 0 atom stereocenters. The van der Waals surface area contributed by atoms with E-state index in [9.17, 15) is 4.79 Å². The number of carbonyl (C=O) groups excluding carboxylic acids is 1. The molecule has 0 bridgehead atoms. The van der Waals surface area contributed by atoms with Crippen molar-refractivity contribution in [2.45, 2.75) is 6.92 Å². The molecular formula is C11H12N2O2. The molecule has 0 aliphatic carbocycles. The normalized spacial score (nSPS) is 11.0. The number of rotatable bonds is 4. The van der Waals surface area contributed by atoms with Crippen LogP contribution in [0.2, 0.25) is 0 Å². The Kier molecular flexibility index (Phi) is 4.80. The molecule has 1 heterocycles. The lowest BCUT2D eigenvalue weighted by atomic mass is 10.3. The molecule has 0 saturated heterocycles. The number of carbonyl (C=O) groups is 1. The highest BCUT2D eigenvalue weighted by molar-refractivity contribution is 5.82. The van der Waals surface area contributed by atoms with E-state index in [2.05, 4.69) is 10.2 Å². The van der Waals surface area contributed by atoms with Crippen molar-refractivity contribution < 1.29 is 9.53 Å². The van der Waals surface area contributed by atoms with Crippen molar-refractivity contribution in [1.82, 2.24) is 10.2 Å². The maximum atomic E-state index is 10.9. The SMILES string of the molecule is CCOC(=O)C=CC=Cc1ccnnc1. The van der Waals surface area contributed by atoms with Crippen LogP contribution >= 0.6 is 0 Å². The standard InChI is InChI=1S/C11H12N2O2/c1-2-15-11(14)6-4-3-5-10-7-8-12-13-9-10/h3-9H,2H2,1H3. The Morgan fingerprint density at radius 2 is 2.33 bits per heavy atom. The van der Waals surface area contributed by atoms with E-state index in [-0.39, 0.29) is 5.97 Å². The van der Waals surface area contributed by atoms with Gasteiger partial charge in [-0.2, -0.15) is 10.2 Å².